The average Bonchev–Trinajstić information content (AvgIpc) is 3.64. The number of carboxylic acids is 1. The molecule has 5 amide bonds. The lowest BCUT2D eigenvalue weighted by Crippen LogP contribution is -2.59. The Morgan fingerprint density at radius 2 is 1.93 bits per heavy atom. The van der Waals surface area contributed by atoms with Crippen LogP contribution in [0, 0.1) is 5.92 Å². The van der Waals surface area contributed by atoms with Crippen molar-refractivity contribution < 1.29 is 38.7 Å². The number of rotatable bonds is 15. The van der Waals surface area contributed by atoms with E-state index in [1.807, 2.05) is 6.92 Å². The van der Waals surface area contributed by atoms with Gasteiger partial charge in [-0.3, -0.25) is 38.5 Å². The minimum Gasteiger partial charge on any atom is -0.481 e. The molecular formula is C26H33N9O8. The number of para-hydroxylation sites is 1. The Morgan fingerprint density at radius 1 is 1.21 bits per heavy atom. The molecule has 1 aromatic heterocycles. The number of benzene rings is 1. The first-order valence-corrected chi connectivity index (χ1v) is 13.4. The Kier molecular flexibility index (Phi) is 11.0. The smallest absolute Gasteiger partial charge is 0.305 e. The quantitative estimate of drug-likeness (QED) is 0.110. The molecule has 0 saturated heterocycles. The molecule has 0 aliphatic carbocycles. The van der Waals surface area contributed by atoms with Crippen molar-refractivity contribution in [1.82, 2.24) is 41.5 Å². The summed E-state index contributed by atoms with van der Waals surface area (Å²) in [6.07, 6.45) is -1.49. The fraction of sp³-hybridized carbons (Fsp3) is 0.462. The largest absolute Gasteiger partial charge is 0.481 e. The maximum absolute atomic E-state index is 13.6. The van der Waals surface area contributed by atoms with Crippen molar-refractivity contribution >= 4 is 47.5 Å². The van der Waals surface area contributed by atoms with Gasteiger partial charge in [-0.1, -0.05) is 43.7 Å². The van der Waals surface area contributed by atoms with E-state index in [1.54, 1.807) is 31.2 Å². The molecule has 230 valence electrons. The first-order chi connectivity index (χ1) is 20.5. The van der Waals surface area contributed by atoms with E-state index in [-0.39, 0.29) is 31.0 Å². The highest BCUT2D eigenvalue weighted by Crippen LogP contribution is 2.34. The number of ketones is 1. The molecule has 1 unspecified atom stereocenters. The number of aromatic nitrogens is 4. The Labute approximate surface area is 245 Å². The van der Waals surface area contributed by atoms with Gasteiger partial charge in [-0.2, -0.15) is 5.21 Å². The third-order valence-corrected chi connectivity index (χ3v) is 7.10. The molecule has 0 fully saturated rings. The molecule has 17 nitrogen and oxygen atoms in total. The third kappa shape index (κ3) is 7.75. The lowest BCUT2D eigenvalue weighted by atomic mass is 9.98. The number of carbonyl (C=O) groups excluding carboxylic acids is 6. The Balaban J connectivity index is 1.83. The highest BCUT2D eigenvalue weighted by molar-refractivity contribution is 6.38. The van der Waals surface area contributed by atoms with Gasteiger partial charge in [0.2, 0.25) is 29.9 Å². The van der Waals surface area contributed by atoms with E-state index in [0.717, 1.165) is 4.90 Å². The molecule has 3 rings (SSSR count). The molecule has 1 aliphatic heterocycles. The number of likely N-dealkylation sites (N-methyl/N-ethyl adjacent to an activating group) is 1. The number of Topliss-reactive ketones (excluding diaryl/α,β-unsaturated/α-hetero) is 1. The van der Waals surface area contributed by atoms with Crippen molar-refractivity contribution in [3.63, 3.8) is 0 Å². The van der Waals surface area contributed by atoms with E-state index in [0.29, 0.717) is 17.7 Å². The molecule has 43 heavy (non-hydrogen) atoms. The molecule has 1 aromatic carbocycles. The molecule has 2 aromatic rings. The van der Waals surface area contributed by atoms with Crippen LogP contribution in [0.4, 0.5) is 5.69 Å². The standard InChI is InChI=1S/C26H33N9O8/c1-4-14(2)23(29-19(37)11-18-30-32-33-31-18)25(42)28-12-21(38)35-16-8-6-5-7-15(16)9-20(35)34(13-36)17(10-22(39)40)24(41)26(43)27-3/h5-8,13-14,17,20,23H,4,9-12H2,1-3H3,(H,27,43)(H,28,42)(H,29,37)(H,39,40)(H,30,31,32,33)/t14-,17?,20-,23-/m0/s1. The van der Waals surface area contributed by atoms with Crippen LogP contribution in [0.1, 0.15) is 38.1 Å². The van der Waals surface area contributed by atoms with Crippen LogP contribution in [0.3, 0.4) is 0 Å². The first kappa shape index (κ1) is 32.3. The van der Waals surface area contributed by atoms with Crippen LogP contribution in [-0.4, -0.2) is 104 Å². The minimum atomic E-state index is -1.71. The first-order valence-electron chi connectivity index (χ1n) is 13.4. The summed E-state index contributed by atoms with van der Waals surface area (Å²) in [5.41, 5.74) is 0.999. The van der Waals surface area contributed by atoms with Gasteiger partial charge in [0.25, 0.3) is 5.91 Å². The van der Waals surface area contributed by atoms with Crippen molar-refractivity contribution in [2.75, 3.05) is 18.5 Å². The number of H-pyrrole nitrogens is 1. The number of carbonyl (C=O) groups is 7. The fourth-order valence-electron chi connectivity index (χ4n) is 4.72. The molecule has 4 atom stereocenters. The van der Waals surface area contributed by atoms with Crippen LogP contribution in [-0.2, 0) is 46.4 Å². The Hall–Kier alpha value is -5.22. The SMILES string of the molecule is CC[C@H](C)[C@H](NC(=O)Cc1nn[nH]n1)C(=O)NCC(=O)N1c2ccccc2C[C@H]1N(C=O)C(CC(=O)O)C(=O)C(=O)NC. The second-order valence-corrected chi connectivity index (χ2v) is 9.84. The summed E-state index contributed by atoms with van der Waals surface area (Å²) in [7, 11) is 1.19. The lowest BCUT2D eigenvalue weighted by molar-refractivity contribution is -0.148. The van der Waals surface area contributed by atoms with Gasteiger partial charge in [0.15, 0.2) is 5.82 Å². The van der Waals surface area contributed by atoms with Gasteiger partial charge >= 0.3 is 5.97 Å². The number of nitrogens with zero attached hydrogens (tertiary/aromatic N) is 5. The van der Waals surface area contributed by atoms with Crippen LogP contribution in [0.25, 0.3) is 0 Å². The third-order valence-electron chi connectivity index (χ3n) is 7.10. The summed E-state index contributed by atoms with van der Waals surface area (Å²) >= 11 is 0. The number of hydrogen-bond donors (Lipinski definition) is 5. The maximum Gasteiger partial charge on any atom is 0.305 e. The zero-order valence-corrected chi connectivity index (χ0v) is 23.8. The van der Waals surface area contributed by atoms with Crippen molar-refractivity contribution in [1.29, 1.82) is 0 Å². The number of anilines is 1. The minimum absolute atomic E-state index is 0.0351. The van der Waals surface area contributed by atoms with E-state index in [9.17, 15) is 38.7 Å². The number of carboxylic acid groups (broad SMARTS) is 1. The van der Waals surface area contributed by atoms with Crippen molar-refractivity contribution in [2.45, 2.75) is 57.8 Å². The van der Waals surface area contributed by atoms with E-state index in [1.165, 1.54) is 11.9 Å². The van der Waals surface area contributed by atoms with Crippen LogP contribution < -0.4 is 20.9 Å². The molecule has 0 saturated carbocycles. The second-order valence-electron chi connectivity index (χ2n) is 9.84. The van der Waals surface area contributed by atoms with Gasteiger partial charge in [-0.25, -0.2) is 0 Å². The number of hydrogen-bond acceptors (Lipinski definition) is 10. The molecule has 2 heterocycles. The Bertz CT molecular complexity index is 1370. The van der Waals surface area contributed by atoms with E-state index >= 15 is 0 Å². The molecule has 5 N–H and O–H groups in total. The monoisotopic (exact) mass is 599 g/mol. The topological polar surface area (TPSA) is 237 Å². The van der Waals surface area contributed by atoms with Crippen molar-refractivity contribution in [2.24, 2.45) is 5.92 Å². The maximum atomic E-state index is 13.6. The normalized spacial score (nSPS) is 15.8. The number of amides is 5. The molecule has 0 radical (unpaired) electrons. The fourth-order valence-corrected chi connectivity index (χ4v) is 4.72. The van der Waals surface area contributed by atoms with E-state index in [4.69, 9.17) is 0 Å². The molecule has 0 bridgehead atoms. The van der Waals surface area contributed by atoms with Gasteiger partial charge in [0.1, 0.15) is 18.2 Å². The van der Waals surface area contributed by atoms with Crippen molar-refractivity contribution in [3.05, 3.63) is 35.7 Å². The second kappa shape index (κ2) is 14.6. The number of tetrazole rings is 1. The highest BCUT2D eigenvalue weighted by atomic mass is 16.4. The summed E-state index contributed by atoms with van der Waals surface area (Å²) in [6, 6.07) is 3.94. The van der Waals surface area contributed by atoms with E-state index in [2.05, 4.69) is 36.6 Å². The molecular weight excluding hydrogens is 566 g/mol. The zero-order chi connectivity index (χ0) is 31.7. The van der Waals surface area contributed by atoms with Gasteiger partial charge < -0.3 is 26.0 Å². The van der Waals surface area contributed by atoms with Gasteiger partial charge in [-0.05, 0) is 17.5 Å². The number of fused-ring (bicyclic) bond motifs is 1. The van der Waals surface area contributed by atoms with Crippen molar-refractivity contribution in [3.8, 4) is 0 Å². The van der Waals surface area contributed by atoms with Crippen LogP contribution in [0.2, 0.25) is 0 Å². The summed E-state index contributed by atoms with van der Waals surface area (Å²) in [4.78, 5) is 90.2. The highest BCUT2D eigenvalue weighted by Gasteiger charge is 2.43. The van der Waals surface area contributed by atoms with Gasteiger partial charge in [-0.15, -0.1) is 10.2 Å². The Morgan fingerprint density at radius 3 is 2.53 bits per heavy atom. The molecule has 17 heteroatoms. The summed E-state index contributed by atoms with van der Waals surface area (Å²) < 4.78 is 0. The predicted octanol–water partition coefficient (Wildman–Crippen LogP) is -2.08. The number of aromatic amines is 1. The van der Waals surface area contributed by atoms with E-state index < -0.39 is 66.6 Å². The number of nitrogens with one attached hydrogen (secondary N) is 4. The predicted molar refractivity (Wildman–Crippen MR) is 147 cm³/mol. The molecule has 0 spiro atoms. The lowest BCUT2D eigenvalue weighted by Gasteiger charge is -2.36. The van der Waals surface area contributed by atoms with Crippen LogP contribution in [0.15, 0.2) is 24.3 Å². The van der Waals surface area contributed by atoms with Gasteiger partial charge in [0.05, 0.1) is 19.4 Å². The van der Waals surface area contributed by atoms with Gasteiger partial charge in [0, 0.05) is 19.2 Å². The average molecular weight is 600 g/mol. The zero-order valence-electron chi connectivity index (χ0n) is 23.8. The molecule has 1 aliphatic rings. The summed E-state index contributed by atoms with van der Waals surface area (Å²) in [5.74, 6) is -5.75. The van der Waals surface area contributed by atoms with Crippen LogP contribution >= 0.6 is 0 Å². The van der Waals surface area contributed by atoms with Crippen LogP contribution in [0.5, 0.6) is 0 Å². The summed E-state index contributed by atoms with van der Waals surface area (Å²) in [5, 5.41) is 29.8. The summed E-state index contributed by atoms with van der Waals surface area (Å²) in [6.45, 7) is 3.02. The number of aliphatic carboxylic acids is 1.